The Kier molecular flexibility index (Phi) is 6.01. The van der Waals surface area contributed by atoms with E-state index < -0.39 is 5.60 Å². The summed E-state index contributed by atoms with van der Waals surface area (Å²) in [5.41, 5.74) is 2.42. The summed E-state index contributed by atoms with van der Waals surface area (Å²) in [5, 5.41) is 5.21. The van der Waals surface area contributed by atoms with E-state index in [-0.39, 0.29) is 18.2 Å². The van der Waals surface area contributed by atoms with Crippen LogP contribution in [0.2, 0.25) is 5.02 Å². The summed E-state index contributed by atoms with van der Waals surface area (Å²) in [6.45, 7) is 8.44. The number of nitrogens with zero attached hydrogens (tertiary/aromatic N) is 3. The van der Waals surface area contributed by atoms with Crippen LogP contribution < -0.4 is 0 Å². The number of ether oxygens (including phenoxy) is 2. The molecule has 3 rings (SSSR count). The summed E-state index contributed by atoms with van der Waals surface area (Å²) >= 11 is 5.99. The van der Waals surface area contributed by atoms with Crippen molar-refractivity contribution in [3.05, 3.63) is 52.3 Å². The van der Waals surface area contributed by atoms with Crippen molar-refractivity contribution in [2.75, 3.05) is 13.2 Å². The predicted octanol–water partition coefficient (Wildman–Crippen LogP) is 4.30. The third-order valence-electron chi connectivity index (χ3n) is 4.77. The molecule has 2 heterocycles. The van der Waals surface area contributed by atoms with Crippen molar-refractivity contribution in [1.82, 2.24) is 14.7 Å². The van der Waals surface area contributed by atoms with Gasteiger partial charge in [-0.15, -0.1) is 0 Å². The van der Waals surface area contributed by atoms with Crippen LogP contribution in [0, 0.1) is 6.92 Å². The van der Waals surface area contributed by atoms with Gasteiger partial charge in [0.15, 0.2) is 0 Å². The number of carbonyl (C=O) groups is 1. The smallest absolute Gasteiger partial charge is 0.410 e. The molecule has 152 valence electrons. The number of aryl methyl sites for hydroxylation is 2. The highest BCUT2D eigenvalue weighted by Crippen LogP contribution is 2.28. The Morgan fingerprint density at radius 2 is 2.00 bits per heavy atom. The lowest BCUT2D eigenvalue weighted by Crippen LogP contribution is -2.52. The highest BCUT2D eigenvalue weighted by atomic mass is 35.5. The molecule has 28 heavy (non-hydrogen) atoms. The normalized spacial score (nSPS) is 20.3. The van der Waals surface area contributed by atoms with Crippen molar-refractivity contribution in [3.63, 3.8) is 0 Å². The summed E-state index contributed by atoms with van der Waals surface area (Å²) < 4.78 is 13.6. The Morgan fingerprint density at radius 3 is 2.57 bits per heavy atom. The topological polar surface area (TPSA) is 56.6 Å². The molecule has 6 nitrogen and oxygen atoms in total. The summed E-state index contributed by atoms with van der Waals surface area (Å²) in [6, 6.07) is 9.55. The summed E-state index contributed by atoms with van der Waals surface area (Å²) in [5.74, 6) is 0. The predicted molar refractivity (Wildman–Crippen MR) is 109 cm³/mol. The molecule has 1 aliphatic heterocycles. The average molecular weight is 406 g/mol. The van der Waals surface area contributed by atoms with Crippen LogP contribution in [-0.2, 0) is 22.9 Å². The number of benzene rings is 1. The van der Waals surface area contributed by atoms with Crippen molar-refractivity contribution >= 4 is 17.7 Å². The third-order valence-corrected chi connectivity index (χ3v) is 5.02. The zero-order valence-electron chi connectivity index (χ0n) is 17.1. The first-order valence-electron chi connectivity index (χ1n) is 9.48. The first-order valence-corrected chi connectivity index (χ1v) is 9.86. The molecule has 7 heteroatoms. The van der Waals surface area contributed by atoms with E-state index in [4.69, 9.17) is 21.1 Å². The fourth-order valence-corrected chi connectivity index (χ4v) is 3.35. The molecule has 0 radical (unpaired) electrons. The molecule has 1 aromatic carbocycles. The number of amides is 1. The fraction of sp³-hybridized carbons (Fsp3) is 0.524. The van der Waals surface area contributed by atoms with Gasteiger partial charge in [-0.25, -0.2) is 4.79 Å². The molecule has 0 unspecified atom stereocenters. The molecular formula is C21H28ClN3O3. The van der Waals surface area contributed by atoms with Gasteiger partial charge in [0, 0.05) is 17.8 Å². The molecule has 0 saturated carbocycles. The van der Waals surface area contributed by atoms with Gasteiger partial charge < -0.3 is 9.47 Å². The highest BCUT2D eigenvalue weighted by Gasteiger charge is 2.36. The molecule has 2 atom stereocenters. The average Bonchev–Trinajstić information content (AvgIpc) is 2.94. The molecule has 1 saturated heterocycles. The first-order chi connectivity index (χ1) is 13.1. The van der Waals surface area contributed by atoms with Gasteiger partial charge in [-0.2, -0.15) is 5.10 Å². The number of aromatic nitrogens is 2. The maximum atomic E-state index is 12.9. The van der Waals surface area contributed by atoms with Crippen LogP contribution >= 0.6 is 11.6 Å². The van der Waals surface area contributed by atoms with Gasteiger partial charge in [0.1, 0.15) is 11.7 Å². The number of carbonyl (C=O) groups excluding carboxylic acids is 1. The summed E-state index contributed by atoms with van der Waals surface area (Å²) in [4.78, 5) is 14.7. The van der Waals surface area contributed by atoms with E-state index in [1.54, 1.807) is 4.90 Å². The van der Waals surface area contributed by atoms with E-state index in [0.717, 1.165) is 17.0 Å². The molecular weight excluding hydrogens is 378 g/mol. The van der Waals surface area contributed by atoms with Crippen molar-refractivity contribution in [1.29, 1.82) is 0 Å². The van der Waals surface area contributed by atoms with E-state index in [1.807, 2.05) is 69.8 Å². The number of hydrogen-bond donors (Lipinski definition) is 0. The standard InChI is InChI=1S/C21H28ClN3O3/c1-14-10-18(23-24(14)5)19-12-25(20(26)28-21(2,3)4)17(13-27-19)11-15-6-8-16(22)9-7-15/h6-10,17,19H,11-13H2,1-5H3/t17-,19+/m0/s1. The molecule has 0 spiro atoms. The Morgan fingerprint density at radius 1 is 1.32 bits per heavy atom. The lowest BCUT2D eigenvalue weighted by molar-refractivity contribution is -0.0724. The Balaban J connectivity index is 1.80. The number of hydrogen-bond acceptors (Lipinski definition) is 4. The largest absolute Gasteiger partial charge is 0.444 e. The lowest BCUT2D eigenvalue weighted by Gasteiger charge is -2.39. The van der Waals surface area contributed by atoms with Gasteiger partial charge in [0.2, 0.25) is 0 Å². The van der Waals surface area contributed by atoms with Crippen LogP contribution in [0.3, 0.4) is 0 Å². The van der Waals surface area contributed by atoms with Gasteiger partial charge >= 0.3 is 6.09 Å². The van der Waals surface area contributed by atoms with E-state index in [1.165, 1.54) is 0 Å². The van der Waals surface area contributed by atoms with Crippen LogP contribution in [0.1, 0.15) is 43.8 Å². The maximum Gasteiger partial charge on any atom is 0.410 e. The lowest BCUT2D eigenvalue weighted by atomic mass is 10.0. The van der Waals surface area contributed by atoms with Crippen molar-refractivity contribution < 1.29 is 14.3 Å². The van der Waals surface area contributed by atoms with Crippen molar-refractivity contribution in [2.24, 2.45) is 7.05 Å². The van der Waals surface area contributed by atoms with Gasteiger partial charge in [-0.3, -0.25) is 9.58 Å². The quantitative estimate of drug-likeness (QED) is 0.763. The highest BCUT2D eigenvalue weighted by molar-refractivity contribution is 6.30. The molecule has 0 bridgehead atoms. The summed E-state index contributed by atoms with van der Waals surface area (Å²) in [7, 11) is 1.90. The van der Waals surface area contributed by atoms with E-state index in [9.17, 15) is 4.79 Å². The Hall–Kier alpha value is -2.05. The van der Waals surface area contributed by atoms with Crippen LogP contribution in [-0.4, -0.2) is 45.6 Å². The second-order valence-corrected chi connectivity index (χ2v) is 8.71. The number of halogens is 1. The van der Waals surface area contributed by atoms with Gasteiger partial charge in [-0.05, 0) is 57.9 Å². The molecule has 1 aliphatic rings. The number of rotatable bonds is 3. The maximum absolute atomic E-state index is 12.9. The Bertz CT molecular complexity index is 807. The summed E-state index contributed by atoms with van der Waals surface area (Å²) in [6.07, 6.45) is 0.0750. The second-order valence-electron chi connectivity index (χ2n) is 8.27. The van der Waals surface area contributed by atoms with Crippen molar-refractivity contribution in [2.45, 2.75) is 51.9 Å². The monoisotopic (exact) mass is 405 g/mol. The van der Waals surface area contributed by atoms with Crippen molar-refractivity contribution in [3.8, 4) is 0 Å². The van der Waals surface area contributed by atoms with Crippen LogP contribution in [0.5, 0.6) is 0 Å². The molecule has 0 aliphatic carbocycles. The SMILES string of the molecule is Cc1cc([C@H]2CN(C(=O)OC(C)(C)C)[C@@H](Cc3ccc(Cl)cc3)CO2)nn1C. The molecule has 2 aromatic rings. The van der Waals surface area contributed by atoms with Crippen LogP contribution in [0.4, 0.5) is 4.79 Å². The molecule has 1 amide bonds. The van der Waals surface area contributed by atoms with Gasteiger partial charge in [-0.1, -0.05) is 23.7 Å². The number of morpholine rings is 1. The minimum atomic E-state index is -0.558. The Labute approximate surface area is 171 Å². The molecule has 1 fully saturated rings. The van der Waals surface area contributed by atoms with Crippen LogP contribution in [0.15, 0.2) is 30.3 Å². The van der Waals surface area contributed by atoms with E-state index in [2.05, 4.69) is 5.10 Å². The van der Waals surface area contributed by atoms with Gasteiger partial charge in [0.05, 0.1) is 24.9 Å². The van der Waals surface area contributed by atoms with Gasteiger partial charge in [0.25, 0.3) is 0 Å². The first kappa shape index (κ1) is 20.7. The zero-order chi connectivity index (χ0) is 20.5. The van der Waals surface area contributed by atoms with Crippen LogP contribution in [0.25, 0.3) is 0 Å². The zero-order valence-corrected chi connectivity index (χ0v) is 17.9. The minimum absolute atomic E-state index is 0.114. The second kappa shape index (κ2) is 8.13. The minimum Gasteiger partial charge on any atom is -0.444 e. The molecule has 1 aromatic heterocycles. The fourth-order valence-electron chi connectivity index (χ4n) is 3.23. The van der Waals surface area contributed by atoms with E-state index in [0.29, 0.717) is 24.6 Å². The van der Waals surface area contributed by atoms with E-state index >= 15 is 0 Å². The molecule has 0 N–H and O–H groups in total. The third kappa shape index (κ3) is 5.06.